The van der Waals surface area contributed by atoms with Crippen molar-refractivity contribution in [2.24, 2.45) is 0 Å². The maximum atomic E-state index is 11.8. The highest BCUT2D eigenvalue weighted by molar-refractivity contribution is 5.84. The molecule has 7 nitrogen and oxygen atoms in total. The molecule has 0 saturated heterocycles. The molecule has 0 spiro atoms. The predicted molar refractivity (Wildman–Crippen MR) is 72.5 cm³/mol. The molecule has 0 aliphatic heterocycles. The fourth-order valence-electron chi connectivity index (χ4n) is 2.80. The van der Waals surface area contributed by atoms with E-state index in [2.05, 4.69) is 20.5 Å². The summed E-state index contributed by atoms with van der Waals surface area (Å²) in [4.78, 5) is 16.0. The second-order valence-electron chi connectivity index (χ2n) is 5.26. The zero-order valence-electron chi connectivity index (χ0n) is 11.1. The largest absolute Gasteiger partial charge is 0.480 e. The maximum Gasteiger partial charge on any atom is 0.329 e. The Bertz CT molecular complexity index is 616. The normalized spacial score (nSPS) is 18.6. The summed E-state index contributed by atoms with van der Waals surface area (Å²) >= 11 is 0. The Morgan fingerprint density at radius 1 is 1.30 bits per heavy atom. The molecule has 3 rings (SSSR count). The summed E-state index contributed by atoms with van der Waals surface area (Å²) in [7, 11) is 0. The van der Waals surface area contributed by atoms with Gasteiger partial charge in [0.05, 0.1) is 0 Å². The summed E-state index contributed by atoms with van der Waals surface area (Å²) in [6.45, 7) is 0. The number of carbonyl (C=O) groups is 1. The molecule has 7 heteroatoms. The first-order valence-electron chi connectivity index (χ1n) is 6.87. The molecule has 2 heterocycles. The SMILES string of the molecule is O=C(O)C1(Nc2nccn3cnnc23)CCCCCC1. The number of hydrogen-bond donors (Lipinski definition) is 2. The summed E-state index contributed by atoms with van der Waals surface area (Å²) in [5.41, 5.74) is -0.394. The van der Waals surface area contributed by atoms with Crippen molar-refractivity contribution in [3.63, 3.8) is 0 Å². The number of aliphatic carboxylic acids is 1. The van der Waals surface area contributed by atoms with Gasteiger partial charge < -0.3 is 10.4 Å². The Balaban J connectivity index is 1.97. The lowest BCUT2D eigenvalue weighted by atomic mass is 9.90. The average Bonchev–Trinajstić information content (AvgIpc) is 2.79. The first-order chi connectivity index (χ1) is 9.71. The molecule has 106 valence electrons. The average molecular weight is 275 g/mol. The highest BCUT2D eigenvalue weighted by atomic mass is 16.4. The Hall–Kier alpha value is -2.18. The van der Waals surface area contributed by atoms with Gasteiger partial charge >= 0.3 is 5.97 Å². The molecule has 2 N–H and O–H groups in total. The van der Waals surface area contributed by atoms with E-state index in [1.54, 1.807) is 23.1 Å². The van der Waals surface area contributed by atoms with Crippen LogP contribution in [0.1, 0.15) is 38.5 Å². The highest BCUT2D eigenvalue weighted by Gasteiger charge is 2.39. The van der Waals surface area contributed by atoms with Crippen LogP contribution in [0, 0.1) is 0 Å². The molecule has 1 aliphatic rings. The zero-order chi connectivity index (χ0) is 14.0. The molecule has 2 aromatic heterocycles. The zero-order valence-corrected chi connectivity index (χ0v) is 11.1. The molecule has 1 saturated carbocycles. The maximum absolute atomic E-state index is 11.8. The van der Waals surface area contributed by atoms with Gasteiger partial charge in [-0.25, -0.2) is 9.78 Å². The summed E-state index contributed by atoms with van der Waals surface area (Å²) in [6.07, 6.45) is 10.1. The van der Waals surface area contributed by atoms with Gasteiger partial charge in [0.1, 0.15) is 11.9 Å². The van der Waals surface area contributed by atoms with Gasteiger partial charge in [0, 0.05) is 12.4 Å². The van der Waals surface area contributed by atoms with Gasteiger partial charge in [-0.1, -0.05) is 25.7 Å². The minimum absolute atomic E-state index is 0.481. The van der Waals surface area contributed by atoms with Crippen LogP contribution in [-0.4, -0.2) is 36.2 Å². The minimum atomic E-state index is -0.947. The van der Waals surface area contributed by atoms with Gasteiger partial charge in [0.15, 0.2) is 5.82 Å². The van der Waals surface area contributed by atoms with E-state index in [0.717, 1.165) is 25.7 Å². The van der Waals surface area contributed by atoms with E-state index in [-0.39, 0.29) is 0 Å². The van der Waals surface area contributed by atoms with Gasteiger partial charge in [-0.05, 0) is 12.8 Å². The van der Waals surface area contributed by atoms with Gasteiger partial charge in [-0.2, -0.15) is 0 Å². The summed E-state index contributed by atoms with van der Waals surface area (Å²) < 4.78 is 1.72. The highest BCUT2D eigenvalue weighted by Crippen LogP contribution is 2.31. The van der Waals surface area contributed by atoms with Crippen molar-refractivity contribution in [1.82, 2.24) is 19.6 Å². The van der Waals surface area contributed by atoms with Crippen LogP contribution in [0.2, 0.25) is 0 Å². The Kier molecular flexibility index (Phi) is 3.25. The van der Waals surface area contributed by atoms with E-state index < -0.39 is 11.5 Å². The molecule has 0 unspecified atom stereocenters. The minimum Gasteiger partial charge on any atom is -0.480 e. The number of nitrogens with zero attached hydrogens (tertiary/aromatic N) is 4. The van der Waals surface area contributed by atoms with Crippen molar-refractivity contribution in [2.45, 2.75) is 44.1 Å². The van der Waals surface area contributed by atoms with Crippen molar-refractivity contribution in [1.29, 1.82) is 0 Å². The Labute approximate surface area is 116 Å². The van der Waals surface area contributed by atoms with E-state index in [0.29, 0.717) is 24.3 Å². The first kappa shape index (κ1) is 12.8. The van der Waals surface area contributed by atoms with Crippen molar-refractivity contribution < 1.29 is 9.90 Å². The smallest absolute Gasteiger partial charge is 0.329 e. The molecule has 0 aromatic carbocycles. The van der Waals surface area contributed by atoms with Crippen LogP contribution in [-0.2, 0) is 4.79 Å². The third kappa shape index (κ3) is 2.19. The van der Waals surface area contributed by atoms with Crippen molar-refractivity contribution >= 4 is 17.4 Å². The number of nitrogens with one attached hydrogen (secondary N) is 1. The van der Waals surface area contributed by atoms with E-state index in [1.807, 2.05) is 0 Å². The number of fused-ring (bicyclic) bond motifs is 1. The van der Waals surface area contributed by atoms with Gasteiger partial charge in [-0.3, -0.25) is 4.40 Å². The molecule has 0 radical (unpaired) electrons. The predicted octanol–water partition coefficient (Wildman–Crippen LogP) is 1.71. The fraction of sp³-hybridized carbons (Fsp3) is 0.538. The van der Waals surface area contributed by atoms with Gasteiger partial charge in [0.2, 0.25) is 5.65 Å². The van der Waals surface area contributed by atoms with Crippen LogP contribution < -0.4 is 5.32 Å². The Morgan fingerprint density at radius 3 is 2.75 bits per heavy atom. The second-order valence-corrected chi connectivity index (χ2v) is 5.26. The number of hydrogen-bond acceptors (Lipinski definition) is 5. The van der Waals surface area contributed by atoms with Crippen molar-refractivity contribution in [3.8, 4) is 0 Å². The van der Waals surface area contributed by atoms with Crippen LogP contribution in [0.3, 0.4) is 0 Å². The van der Waals surface area contributed by atoms with E-state index in [4.69, 9.17) is 0 Å². The second kappa shape index (κ2) is 5.07. The number of aromatic nitrogens is 4. The van der Waals surface area contributed by atoms with Crippen LogP contribution in [0.4, 0.5) is 5.82 Å². The van der Waals surface area contributed by atoms with Gasteiger partial charge in [0.25, 0.3) is 0 Å². The number of carboxylic acids is 1. The number of carboxylic acid groups (broad SMARTS) is 1. The lowest BCUT2D eigenvalue weighted by Gasteiger charge is -2.29. The van der Waals surface area contributed by atoms with Crippen LogP contribution in [0.5, 0.6) is 0 Å². The molecule has 20 heavy (non-hydrogen) atoms. The van der Waals surface area contributed by atoms with Gasteiger partial charge in [-0.15, -0.1) is 10.2 Å². The molecule has 1 aliphatic carbocycles. The molecule has 2 aromatic rings. The van der Waals surface area contributed by atoms with Crippen LogP contribution >= 0.6 is 0 Å². The monoisotopic (exact) mass is 275 g/mol. The molecule has 0 bridgehead atoms. The van der Waals surface area contributed by atoms with E-state index >= 15 is 0 Å². The fourth-order valence-corrected chi connectivity index (χ4v) is 2.80. The van der Waals surface area contributed by atoms with Crippen molar-refractivity contribution in [3.05, 3.63) is 18.7 Å². The lowest BCUT2D eigenvalue weighted by Crippen LogP contribution is -2.46. The molecular weight excluding hydrogens is 258 g/mol. The molecule has 0 amide bonds. The first-order valence-corrected chi connectivity index (χ1v) is 6.87. The third-order valence-electron chi connectivity index (χ3n) is 3.94. The number of rotatable bonds is 3. The summed E-state index contributed by atoms with van der Waals surface area (Å²) in [6, 6.07) is 0. The molecule has 1 fully saturated rings. The molecular formula is C13H17N5O2. The van der Waals surface area contributed by atoms with Crippen molar-refractivity contribution in [2.75, 3.05) is 5.32 Å². The van der Waals surface area contributed by atoms with E-state index in [9.17, 15) is 9.90 Å². The lowest BCUT2D eigenvalue weighted by molar-refractivity contribution is -0.142. The quantitative estimate of drug-likeness (QED) is 0.828. The Morgan fingerprint density at radius 2 is 2.05 bits per heavy atom. The molecule has 0 atom stereocenters. The number of anilines is 1. The standard InChI is InChI=1S/C13H17N5O2/c19-12(20)13(5-3-1-2-4-6-13)16-10-11-17-15-9-18(11)8-7-14-10/h7-9H,1-6H2,(H,14,16)(H,19,20). The van der Waals surface area contributed by atoms with E-state index in [1.165, 1.54) is 0 Å². The topological polar surface area (TPSA) is 92.4 Å². The summed E-state index contributed by atoms with van der Waals surface area (Å²) in [5.74, 6) is -0.336. The summed E-state index contributed by atoms with van der Waals surface area (Å²) in [5, 5.41) is 20.6. The third-order valence-corrected chi connectivity index (χ3v) is 3.94. The van der Waals surface area contributed by atoms with Crippen LogP contribution in [0.25, 0.3) is 5.65 Å². The van der Waals surface area contributed by atoms with Crippen LogP contribution in [0.15, 0.2) is 18.7 Å².